The molecule has 0 radical (unpaired) electrons. The summed E-state index contributed by atoms with van der Waals surface area (Å²) in [5.41, 5.74) is -1.14. The number of aliphatic carboxylic acids is 1. The predicted molar refractivity (Wildman–Crippen MR) is 84.4 cm³/mol. The van der Waals surface area contributed by atoms with Gasteiger partial charge in [-0.3, -0.25) is 4.99 Å². The molecule has 1 aliphatic rings. The van der Waals surface area contributed by atoms with Gasteiger partial charge in [-0.1, -0.05) is 0 Å². The average molecular weight is 332 g/mol. The lowest BCUT2D eigenvalue weighted by molar-refractivity contribution is -0.132. The van der Waals surface area contributed by atoms with E-state index < -0.39 is 34.5 Å². The topological polar surface area (TPSA) is 74.8 Å². The van der Waals surface area contributed by atoms with Gasteiger partial charge in [-0.25, -0.2) is 13.6 Å². The zero-order valence-corrected chi connectivity index (χ0v) is 12.5. The molecule has 5 nitrogen and oxygen atoms in total. The first-order valence-electron chi connectivity index (χ1n) is 7.30. The third kappa shape index (κ3) is 3.19. The van der Waals surface area contributed by atoms with Crippen LogP contribution in [0.3, 0.4) is 0 Å². The van der Waals surface area contributed by atoms with Crippen LogP contribution in [0.1, 0.15) is 18.4 Å². The third-order valence-corrected chi connectivity index (χ3v) is 3.62. The molecule has 0 saturated heterocycles. The van der Waals surface area contributed by atoms with Gasteiger partial charge in [-0.05, 0) is 31.0 Å². The number of nitrogens with zero attached hydrogens (tertiary/aromatic N) is 2. The lowest BCUT2D eigenvalue weighted by Crippen LogP contribution is -2.08. The van der Waals surface area contributed by atoms with E-state index in [-0.39, 0.29) is 11.7 Å². The summed E-state index contributed by atoms with van der Waals surface area (Å²) in [6, 6.07) is 5.01. The van der Waals surface area contributed by atoms with Gasteiger partial charge in [0.25, 0.3) is 0 Å². The molecule has 0 unspecified atom stereocenters. The number of carbonyl (C=O) groups is 1. The quantitative estimate of drug-likeness (QED) is 0.501. The Labute approximate surface area is 136 Å². The molecule has 1 saturated carbocycles. The SMILES string of the molecule is O=C(O)C(C=NC1CC1)=C(O)c1cc(F)c(-n2cccc2)cc1F. The molecular weight excluding hydrogens is 318 g/mol. The molecular formula is C17H14F2N2O3. The molecule has 2 aromatic rings. The summed E-state index contributed by atoms with van der Waals surface area (Å²) in [6.07, 6.45) is 5.76. The number of carboxylic acid groups (broad SMARTS) is 1. The Bertz CT molecular complexity index is 838. The summed E-state index contributed by atoms with van der Waals surface area (Å²) in [6.45, 7) is 0. The maximum Gasteiger partial charge on any atom is 0.341 e. The largest absolute Gasteiger partial charge is 0.506 e. The van der Waals surface area contributed by atoms with Gasteiger partial charge in [0, 0.05) is 24.7 Å². The van der Waals surface area contributed by atoms with Crippen LogP contribution >= 0.6 is 0 Å². The molecule has 1 aromatic carbocycles. The molecule has 0 bridgehead atoms. The van der Waals surface area contributed by atoms with Gasteiger partial charge in [0.05, 0.1) is 17.3 Å². The number of aliphatic hydroxyl groups is 1. The van der Waals surface area contributed by atoms with Gasteiger partial charge in [0.15, 0.2) is 0 Å². The monoisotopic (exact) mass is 332 g/mol. The maximum atomic E-state index is 14.3. The molecule has 2 N–H and O–H groups in total. The van der Waals surface area contributed by atoms with Crippen molar-refractivity contribution in [3.05, 3.63) is 59.4 Å². The number of hydrogen-bond donors (Lipinski definition) is 2. The molecule has 124 valence electrons. The third-order valence-electron chi connectivity index (χ3n) is 3.62. The zero-order chi connectivity index (χ0) is 17.3. The molecule has 7 heteroatoms. The van der Waals surface area contributed by atoms with Gasteiger partial charge in [0.1, 0.15) is 23.0 Å². The lowest BCUT2D eigenvalue weighted by Gasteiger charge is -2.10. The first-order valence-corrected chi connectivity index (χ1v) is 7.30. The van der Waals surface area contributed by atoms with Crippen molar-refractivity contribution in [3.63, 3.8) is 0 Å². The van der Waals surface area contributed by atoms with E-state index >= 15 is 0 Å². The van der Waals surface area contributed by atoms with E-state index in [0.717, 1.165) is 31.2 Å². The van der Waals surface area contributed by atoms with Crippen molar-refractivity contribution in [1.29, 1.82) is 0 Å². The average Bonchev–Trinajstić information content (AvgIpc) is 3.20. The number of carboxylic acids is 1. The van der Waals surface area contributed by atoms with Crippen LogP contribution in [0, 0.1) is 11.6 Å². The first kappa shape index (κ1) is 15.9. The van der Waals surface area contributed by atoms with Crippen LogP contribution in [0.25, 0.3) is 11.4 Å². The molecule has 3 rings (SSSR count). The van der Waals surface area contributed by atoms with Crippen molar-refractivity contribution >= 4 is 17.9 Å². The van der Waals surface area contributed by atoms with Crippen LogP contribution in [-0.2, 0) is 4.79 Å². The molecule has 0 aliphatic heterocycles. The van der Waals surface area contributed by atoms with Crippen LogP contribution in [0.5, 0.6) is 0 Å². The molecule has 1 aromatic heterocycles. The Balaban J connectivity index is 2.05. The fourth-order valence-electron chi connectivity index (χ4n) is 2.18. The van der Waals surface area contributed by atoms with Crippen LogP contribution in [-0.4, -0.2) is 33.0 Å². The molecule has 0 spiro atoms. The lowest BCUT2D eigenvalue weighted by atomic mass is 10.1. The van der Waals surface area contributed by atoms with E-state index in [1.807, 2.05) is 0 Å². The van der Waals surface area contributed by atoms with Crippen LogP contribution < -0.4 is 0 Å². The van der Waals surface area contributed by atoms with Crippen LogP contribution in [0.15, 0.2) is 47.2 Å². The zero-order valence-electron chi connectivity index (χ0n) is 12.5. The maximum absolute atomic E-state index is 14.3. The summed E-state index contributed by atoms with van der Waals surface area (Å²) in [5.74, 6) is -4.05. The van der Waals surface area contributed by atoms with E-state index in [0.29, 0.717) is 0 Å². The van der Waals surface area contributed by atoms with Crippen molar-refractivity contribution in [2.75, 3.05) is 0 Å². The Morgan fingerprint density at radius 1 is 1.17 bits per heavy atom. The van der Waals surface area contributed by atoms with Gasteiger partial charge < -0.3 is 14.8 Å². The highest BCUT2D eigenvalue weighted by Gasteiger charge is 2.23. The van der Waals surface area contributed by atoms with Gasteiger partial charge in [-0.2, -0.15) is 0 Å². The molecule has 0 atom stereocenters. The minimum Gasteiger partial charge on any atom is -0.506 e. The second-order valence-electron chi connectivity index (χ2n) is 5.45. The summed E-state index contributed by atoms with van der Waals surface area (Å²) < 4.78 is 29.9. The van der Waals surface area contributed by atoms with E-state index in [2.05, 4.69) is 4.99 Å². The number of aliphatic imine (C=N–C) groups is 1. The normalized spacial score (nSPS) is 15.6. The predicted octanol–water partition coefficient (Wildman–Crippen LogP) is 3.34. The molecule has 1 fully saturated rings. The smallest absolute Gasteiger partial charge is 0.341 e. The first-order chi connectivity index (χ1) is 11.5. The Kier molecular flexibility index (Phi) is 4.16. The van der Waals surface area contributed by atoms with Crippen molar-refractivity contribution in [3.8, 4) is 5.69 Å². The molecule has 0 amide bonds. The van der Waals surface area contributed by atoms with E-state index in [1.165, 1.54) is 17.0 Å². The highest BCUT2D eigenvalue weighted by atomic mass is 19.1. The van der Waals surface area contributed by atoms with Crippen molar-refractivity contribution < 1.29 is 23.8 Å². The Morgan fingerprint density at radius 2 is 1.83 bits per heavy atom. The van der Waals surface area contributed by atoms with Crippen LogP contribution in [0.4, 0.5) is 8.78 Å². The van der Waals surface area contributed by atoms with Crippen molar-refractivity contribution in [1.82, 2.24) is 4.57 Å². The van der Waals surface area contributed by atoms with E-state index in [4.69, 9.17) is 0 Å². The van der Waals surface area contributed by atoms with Gasteiger partial charge in [0.2, 0.25) is 0 Å². The Morgan fingerprint density at radius 3 is 2.42 bits per heavy atom. The molecule has 1 aliphatic carbocycles. The fourth-order valence-corrected chi connectivity index (χ4v) is 2.18. The van der Waals surface area contributed by atoms with E-state index in [1.54, 1.807) is 12.1 Å². The van der Waals surface area contributed by atoms with Crippen molar-refractivity contribution in [2.45, 2.75) is 18.9 Å². The van der Waals surface area contributed by atoms with Crippen molar-refractivity contribution in [2.24, 2.45) is 4.99 Å². The minimum absolute atomic E-state index is 0.0323. The summed E-state index contributed by atoms with van der Waals surface area (Å²) >= 11 is 0. The molecule has 1 heterocycles. The highest BCUT2D eigenvalue weighted by molar-refractivity contribution is 6.14. The second-order valence-corrected chi connectivity index (χ2v) is 5.45. The number of halogens is 2. The fraction of sp³-hybridized carbons (Fsp3) is 0.176. The van der Waals surface area contributed by atoms with Crippen LogP contribution in [0.2, 0.25) is 0 Å². The number of aromatic nitrogens is 1. The number of aliphatic hydroxyl groups excluding tert-OH is 1. The summed E-state index contributed by atoms with van der Waals surface area (Å²) in [7, 11) is 0. The molecule has 24 heavy (non-hydrogen) atoms. The van der Waals surface area contributed by atoms with Gasteiger partial charge in [-0.15, -0.1) is 0 Å². The second kappa shape index (κ2) is 6.27. The number of rotatable bonds is 5. The number of benzene rings is 1. The highest BCUT2D eigenvalue weighted by Crippen LogP contribution is 2.26. The Hall–Kier alpha value is -2.96. The van der Waals surface area contributed by atoms with Gasteiger partial charge >= 0.3 is 5.97 Å². The summed E-state index contributed by atoms with van der Waals surface area (Å²) in [4.78, 5) is 15.2. The minimum atomic E-state index is -1.47. The standard InChI is InChI=1S/C17H14F2N2O3/c18-13-8-15(21-5-1-2-6-21)14(19)7-11(13)16(22)12(17(23)24)9-20-10-3-4-10/h1-2,5-10,22H,3-4H2,(H,23,24). The van der Waals surface area contributed by atoms with E-state index in [9.17, 15) is 23.8 Å². The summed E-state index contributed by atoms with van der Waals surface area (Å²) in [5, 5.41) is 19.3. The number of hydrogen-bond acceptors (Lipinski definition) is 3.